The third-order valence-corrected chi connectivity index (χ3v) is 5.03. The van der Waals surface area contributed by atoms with Crippen LogP contribution >= 0.6 is 0 Å². The molecule has 0 amide bonds. The van der Waals surface area contributed by atoms with Crippen molar-refractivity contribution in [2.75, 3.05) is 0 Å². The van der Waals surface area contributed by atoms with E-state index in [2.05, 4.69) is 18.7 Å². The molecule has 2 aromatic carbocycles. The molecule has 3 atom stereocenters. The van der Waals surface area contributed by atoms with Crippen molar-refractivity contribution < 1.29 is 8.95 Å². The molecule has 0 aliphatic heterocycles. The lowest BCUT2D eigenvalue weighted by Gasteiger charge is -2.20. The number of hydrogen-bond donors (Lipinski definition) is 1. The maximum Gasteiger partial charge on any atom is 0.127 e. The summed E-state index contributed by atoms with van der Waals surface area (Å²) in [6.07, 6.45) is 4.57. The highest BCUT2D eigenvalue weighted by Gasteiger charge is 2.18. The lowest BCUT2D eigenvalue weighted by Crippen LogP contribution is -2.21. The zero-order valence-corrected chi connectivity index (χ0v) is 14.9. The van der Waals surface area contributed by atoms with E-state index in [4.69, 9.17) is 9.88 Å². The second-order valence-electron chi connectivity index (χ2n) is 5.93. The van der Waals surface area contributed by atoms with E-state index >= 15 is 0 Å². The van der Waals surface area contributed by atoms with Gasteiger partial charge < -0.3 is 4.74 Å². The summed E-state index contributed by atoms with van der Waals surface area (Å²) in [5.41, 5.74) is 1.18. The van der Waals surface area contributed by atoms with E-state index in [0.717, 1.165) is 30.8 Å². The summed E-state index contributed by atoms with van der Waals surface area (Å²) in [4.78, 5) is 0. The fourth-order valence-corrected chi connectivity index (χ4v) is 3.11. The first kappa shape index (κ1) is 18.4. The maximum atomic E-state index is 11.5. The van der Waals surface area contributed by atoms with Crippen LogP contribution in [0.3, 0.4) is 0 Å². The zero-order valence-electron chi connectivity index (χ0n) is 14.1. The van der Waals surface area contributed by atoms with Crippen molar-refractivity contribution in [3.8, 4) is 11.5 Å². The molecular formula is C20H25NO2S. The third-order valence-electron chi connectivity index (χ3n) is 4.04. The first-order valence-electron chi connectivity index (χ1n) is 8.19. The molecule has 3 nitrogen and oxygen atoms in total. The second kappa shape index (κ2) is 9.40. The van der Waals surface area contributed by atoms with Crippen LogP contribution in [0.25, 0.3) is 0 Å². The van der Waals surface area contributed by atoms with Gasteiger partial charge in [-0.1, -0.05) is 36.4 Å². The molecule has 0 saturated carbocycles. The Hall–Kier alpha value is -1.91. The summed E-state index contributed by atoms with van der Waals surface area (Å²) in [6.45, 7) is 5.74. The van der Waals surface area contributed by atoms with E-state index in [0.29, 0.717) is 0 Å². The Morgan fingerprint density at radius 1 is 1.17 bits per heavy atom. The van der Waals surface area contributed by atoms with E-state index in [1.807, 2.05) is 55.5 Å². The van der Waals surface area contributed by atoms with Crippen LogP contribution in [0.2, 0.25) is 0 Å². The molecule has 2 aromatic rings. The van der Waals surface area contributed by atoms with Gasteiger partial charge in [0.1, 0.15) is 11.5 Å². The van der Waals surface area contributed by atoms with Gasteiger partial charge in [0.2, 0.25) is 0 Å². The first-order chi connectivity index (χ1) is 11.6. The fraction of sp³-hybridized carbons (Fsp3) is 0.300. The van der Waals surface area contributed by atoms with Crippen LogP contribution in [-0.2, 0) is 11.0 Å². The maximum absolute atomic E-state index is 11.5. The van der Waals surface area contributed by atoms with E-state index in [9.17, 15) is 4.21 Å². The predicted molar refractivity (Wildman–Crippen MR) is 102 cm³/mol. The molecule has 0 bridgehead atoms. The quantitative estimate of drug-likeness (QED) is 0.656. The number of rotatable bonds is 9. The van der Waals surface area contributed by atoms with Gasteiger partial charge >= 0.3 is 0 Å². The van der Waals surface area contributed by atoms with E-state index < -0.39 is 11.0 Å². The predicted octanol–water partition coefficient (Wildman–Crippen LogP) is 4.93. The van der Waals surface area contributed by atoms with Crippen LogP contribution in [0, 0.1) is 0 Å². The van der Waals surface area contributed by atoms with E-state index in [1.165, 1.54) is 5.56 Å². The Morgan fingerprint density at radius 2 is 1.88 bits per heavy atom. The average Bonchev–Trinajstić information content (AvgIpc) is 2.59. The van der Waals surface area contributed by atoms with Gasteiger partial charge in [-0.2, -0.15) is 0 Å². The average molecular weight is 343 g/mol. The smallest absolute Gasteiger partial charge is 0.127 e. The Bertz CT molecular complexity index is 672. The molecule has 0 fully saturated rings. The molecule has 0 saturated heterocycles. The number of nitrogens with two attached hydrogens (primary N) is 1. The molecule has 0 aliphatic carbocycles. The highest BCUT2D eigenvalue weighted by atomic mass is 32.2. The molecule has 2 rings (SSSR count). The van der Waals surface area contributed by atoms with Gasteiger partial charge in [0, 0.05) is 5.25 Å². The number of para-hydroxylation sites is 1. The molecule has 2 N–H and O–H groups in total. The lowest BCUT2D eigenvalue weighted by molar-refractivity contribution is 0.479. The molecule has 0 aliphatic rings. The van der Waals surface area contributed by atoms with Crippen molar-refractivity contribution in [3.05, 3.63) is 72.8 Å². The van der Waals surface area contributed by atoms with Gasteiger partial charge in [-0.15, -0.1) is 6.58 Å². The molecule has 4 heteroatoms. The molecular weight excluding hydrogens is 318 g/mol. The minimum atomic E-state index is -1.30. The van der Waals surface area contributed by atoms with Crippen molar-refractivity contribution in [2.24, 2.45) is 5.14 Å². The monoisotopic (exact) mass is 343 g/mol. The Kier molecular flexibility index (Phi) is 7.22. The third kappa shape index (κ3) is 5.62. The van der Waals surface area contributed by atoms with Crippen LogP contribution in [0.15, 0.2) is 67.3 Å². The highest BCUT2D eigenvalue weighted by molar-refractivity contribution is 7.83. The van der Waals surface area contributed by atoms with Gasteiger partial charge in [0.25, 0.3) is 0 Å². The van der Waals surface area contributed by atoms with Gasteiger partial charge in [0.15, 0.2) is 0 Å². The van der Waals surface area contributed by atoms with E-state index in [-0.39, 0.29) is 11.2 Å². The van der Waals surface area contributed by atoms with Gasteiger partial charge in [0.05, 0.1) is 11.0 Å². The van der Waals surface area contributed by atoms with Gasteiger partial charge in [-0.3, -0.25) is 5.14 Å². The summed E-state index contributed by atoms with van der Waals surface area (Å²) in [6, 6.07) is 17.8. The lowest BCUT2D eigenvalue weighted by atomic mass is 9.90. The summed E-state index contributed by atoms with van der Waals surface area (Å²) in [7, 11) is -1.30. The minimum absolute atomic E-state index is 0.0430. The number of hydrogen-bond acceptors (Lipinski definition) is 2. The van der Waals surface area contributed by atoms with Gasteiger partial charge in [-0.25, -0.2) is 4.21 Å². The van der Waals surface area contributed by atoms with Gasteiger partial charge in [-0.05, 0) is 61.9 Å². The van der Waals surface area contributed by atoms with Crippen molar-refractivity contribution in [1.82, 2.24) is 0 Å². The van der Waals surface area contributed by atoms with Crippen molar-refractivity contribution in [3.63, 3.8) is 0 Å². The highest BCUT2D eigenvalue weighted by Crippen LogP contribution is 2.31. The summed E-state index contributed by atoms with van der Waals surface area (Å²) in [5, 5.41) is 5.51. The molecule has 0 radical (unpaired) electrons. The molecule has 0 spiro atoms. The summed E-state index contributed by atoms with van der Waals surface area (Å²) < 4.78 is 17.5. The molecule has 24 heavy (non-hydrogen) atoms. The topological polar surface area (TPSA) is 52.3 Å². The SMILES string of the molecule is C=CCC[C@@H](CC(C)S(N)=O)c1cccc(Oc2ccccc2)c1. The normalized spacial score (nSPS) is 14.6. The first-order valence-corrected chi connectivity index (χ1v) is 9.46. The van der Waals surface area contributed by atoms with E-state index in [1.54, 1.807) is 0 Å². The van der Waals surface area contributed by atoms with Crippen molar-refractivity contribution in [2.45, 2.75) is 37.4 Å². The molecule has 128 valence electrons. The summed E-state index contributed by atoms with van der Waals surface area (Å²) in [5.74, 6) is 1.90. The largest absolute Gasteiger partial charge is 0.457 e. The fourth-order valence-electron chi connectivity index (χ4n) is 2.69. The van der Waals surface area contributed by atoms with Crippen LogP contribution in [0.5, 0.6) is 11.5 Å². The number of allylic oxidation sites excluding steroid dienone is 1. The second-order valence-corrected chi connectivity index (χ2v) is 7.39. The van der Waals surface area contributed by atoms with Crippen LogP contribution < -0.4 is 9.88 Å². The van der Waals surface area contributed by atoms with Crippen LogP contribution in [0.1, 0.15) is 37.7 Å². The molecule has 0 heterocycles. The Balaban J connectivity index is 2.17. The Labute approximate surface area is 147 Å². The van der Waals surface area contributed by atoms with Crippen molar-refractivity contribution in [1.29, 1.82) is 0 Å². The van der Waals surface area contributed by atoms with Crippen LogP contribution in [0.4, 0.5) is 0 Å². The Morgan fingerprint density at radius 3 is 2.54 bits per heavy atom. The minimum Gasteiger partial charge on any atom is -0.457 e. The zero-order chi connectivity index (χ0) is 17.4. The standard InChI is InChI=1S/C20H25NO2S/c1-3-4-9-17(14-16(2)24(21)22)18-10-8-13-20(15-18)23-19-11-6-5-7-12-19/h3,5-8,10-13,15-17H,1,4,9,14,21H2,2H3/t16?,17-,24?/m0/s1. The van der Waals surface area contributed by atoms with Crippen LogP contribution in [-0.4, -0.2) is 9.46 Å². The molecule has 0 aromatic heterocycles. The van der Waals surface area contributed by atoms with Crippen molar-refractivity contribution >= 4 is 11.0 Å². The summed E-state index contributed by atoms with van der Waals surface area (Å²) >= 11 is 0. The molecule has 2 unspecified atom stereocenters. The number of ether oxygens (including phenoxy) is 1. The number of benzene rings is 2.